The van der Waals surface area contributed by atoms with Crippen LogP contribution in [0.2, 0.25) is 0 Å². The number of anilines is 1. The van der Waals surface area contributed by atoms with E-state index < -0.39 is 30.8 Å². The van der Waals surface area contributed by atoms with Crippen molar-refractivity contribution in [2.45, 2.75) is 30.8 Å². The molecule has 0 aliphatic carbocycles. The second-order valence-corrected chi connectivity index (χ2v) is 4.47. The Balaban J connectivity index is 2.02. The minimum Gasteiger partial charge on any atom is -0.387 e. The van der Waals surface area contributed by atoms with E-state index in [2.05, 4.69) is 15.0 Å². The number of aliphatic hydroxyl groups is 4. The van der Waals surface area contributed by atoms with Gasteiger partial charge in [0.25, 0.3) is 0 Å². The topological polar surface area (TPSA) is 160 Å². The number of aliphatic hydroxyl groups excluding tert-OH is 3. The fourth-order valence-corrected chi connectivity index (χ4v) is 2.22. The summed E-state index contributed by atoms with van der Waals surface area (Å²) in [5.41, 5.74) is 6.28. The van der Waals surface area contributed by atoms with E-state index in [1.165, 1.54) is 17.2 Å². The molecule has 1 fully saturated rings. The predicted octanol–water partition coefficient (Wildman–Crippen LogP) is -2.66. The van der Waals surface area contributed by atoms with Crippen molar-refractivity contribution in [1.82, 2.24) is 19.5 Å². The Bertz CT molecular complexity index is 632. The zero-order valence-corrected chi connectivity index (χ0v) is 10.1. The van der Waals surface area contributed by atoms with E-state index in [9.17, 15) is 10.2 Å². The SMILES string of the molecule is Nc1ncnc2c1ncn2[C@@H]1O[C@H](C(O)O)[C@@H](O)[C@@H]1O. The van der Waals surface area contributed by atoms with Crippen molar-refractivity contribution in [2.24, 2.45) is 0 Å². The van der Waals surface area contributed by atoms with Crippen molar-refractivity contribution in [1.29, 1.82) is 0 Å². The average Bonchev–Trinajstić information content (AvgIpc) is 2.94. The lowest BCUT2D eigenvalue weighted by molar-refractivity contribution is -0.167. The predicted molar refractivity (Wildman–Crippen MR) is 63.9 cm³/mol. The molecule has 0 bridgehead atoms. The summed E-state index contributed by atoms with van der Waals surface area (Å²) in [6.45, 7) is 0. The monoisotopic (exact) mass is 283 g/mol. The van der Waals surface area contributed by atoms with Crippen molar-refractivity contribution in [3.8, 4) is 0 Å². The number of aromatic nitrogens is 4. The molecule has 0 unspecified atom stereocenters. The van der Waals surface area contributed by atoms with Crippen LogP contribution in [0.4, 0.5) is 5.82 Å². The molecule has 0 saturated carbocycles. The number of rotatable bonds is 2. The van der Waals surface area contributed by atoms with Gasteiger partial charge in [-0.1, -0.05) is 0 Å². The Morgan fingerprint density at radius 1 is 1.20 bits per heavy atom. The Hall–Kier alpha value is -1.85. The van der Waals surface area contributed by atoms with Gasteiger partial charge in [0.1, 0.15) is 30.2 Å². The first kappa shape index (κ1) is 13.1. The summed E-state index contributed by atoms with van der Waals surface area (Å²) in [6, 6.07) is 0. The maximum absolute atomic E-state index is 9.96. The molecule has 1 aliphatic heterocycles. The lowest BCUT2D eigenvalue weighted by Crippen LogP contribution is -2.38. The molecule has 10 heteroatoms. The molecule has 1 saturated heterocycles. The third kappa shape index (κ3) is 1.82. The normalized spacial score (nSPS) is 30.4. The van der Waals surface area contributed by atoms with Crippen LogP contribution in [0.3, 0.4) is 0 Å². The van der Waals surface area contributed by atoms with Gasteiger partial charge in [-0.3, -0.25) is 4.57 Å². The summed E-state index contributed by atoms with van der Waals surface area (Å²) < 4.78 is 6.61. The largest absolute Gasteiger partial charge is 0.387 e. The van der Waals surface area contributed by atoms with E-state index in [0.29, 0.717) is 11.2 Å². The molecule has 3 heterocycles. The highest BCUT2D eigenvalue weighted by Crippen LogP contribution is 2.32. The maximum atomic E-state index is 9.96. The van der Waals surface area contributed by atoms with E-state index in [1.807, 2.05) is 0 Å². The molecule has 2 aromatic heterocycles. The van der Waals surface area contributed by atoms with E-state index in [1.54, 1.807) is 0 Å². The molecule has 10 nitrogen and oxygen atoms in total. The van der Waals surface area contributed by atoms with Crippen molar-refractivity contribution >= 4 is 17.0 Å². The zero-order chi connectivity index (χ0) is 14.4. The van der Waals surface area contributed by atoms with Crippen LogP contribution in [0.5, 0.6) is 0 Å². The maximum Gasteiger partial charge on any atom is 0.181 e. The molecule has 4 atom stereocenters. The number of hydrogen-bond donors (Lipinski definition) is 5. The Labute approximate surface area is 112 Å². The Kier molecular flexibility index (Phi) is 3.03. The van der Waals surface area contributed by atoms with Gasteiger partial charge in [-0.05, 0) is 0 Å². The molecule has 0 spiro atoms. The van der Waals surface area contributed by atoms with Crippen molar-refractivity contribution in [3.05, 3.63) is 12.7 Å². The highest BCUT2D eigenvalue weighted by Gasteiger charge is 2.47. The minimum atomic E-state index is -1.92. The quantitative estimate of drug-likeness (QED) is 0.370. The van der Waals surface area contributed by atoms with Crippen LogP contribution in [0.1, 0.15) is 6.23 Å². The number of nitrogens with zero attached hydrogens (tertiary/aromatic N) is 4. The van der Waals surface area contributed by atoms with Gasteiger partial charge >= 0.3 is 0 Å². The molecule has 6 N–H and O–H groups in total. The number of nitrogen functional groups attached to an aromatic ring is 1. The summed E-state index contributed by atoms with van der Waals surface area (Å²) in [5, 5.41) is 37.9. The summed E-state index contributed by atoms with van der Waals surface area (Å²) in [6.07, 6.45) is -4.57. The number of imidazole rings is 1. The van der Waals surface area contributed by atoms with Crippen molar-refractivity contribution in [3.63, 3.8) is 0 Å². The first-order valence-corrected chi connectivity index (χ1v) is 5.81. The molecular formula is C10H13N5O5. The molecule has 3 rings (SSSR count). The molecule has 2 aromatic rings. The summed E-state index contributed by atoms with van der Waals surface area (Å²) in [4.78, 5) is 11.8. The molecule has 0 amide bonds. The average molecular weight is 283 g/mol. The lowest BCUT2D eigenvalue weighted by Gasteiger charge is -2.16. The van der Waals surface area contributed by atoms with Gasteiger partial charge in [0, 0.05) is 0 Å². The molecule has 0 aromatic carbocycles. The third-order valence-corrected chi connectivity index (χ3v) is 3.23. The second-order valence-electron chi connectivity index (χ2n) is 4.47. The minimum absolute atomic E-state index is 0.167. The summed E-state index contributed by atoms with van der Waals surface area (Å²) in [5.74, 6) is 0.167. The fraction of sp³-hybridized carbons (Fsp3) is 0.500. The number of nitrogens with two attached hydrogens (primary N) is 1. The van der Waals surface area contributed by atoms with Crippen molar-refractivity contribution < 1.29 is 25.2 Å². The van der Waals surface area contributed by atoms with E-state index in [0.717, 1.165) is 0 Å². The molecule has 20 heavy (non-hydrogen) atoms. The first-order chi connectivity index (χ1) is 9.50. The van der Waals surface area contributed by atoms with Crippen LogP contribution in [-0.4, -0.2) is 64.5 Å². The second kappa shape index (κ2) is 4.61. The van der Waals surface area contributed by atoms with Gasteiger partial charge in [-0.2, -0.15) is 0 Å². The van der Waals surface area contributed by atoms with E-state index >= 15 is 0 Å². The standard InChI is InChI=1S/C10H13N5O5/c11-7-3-8(13-1-12-7)15(2-14-3)9-5(17)4(16)6(20-9)10(18)19/h1-2,4-6,9-10,16-19H,(H2,11,12,13)/t4-,5-,6-,9+/m0/s1. The zero-order valence-electron chi connectivity index (χ0n) is 10.1. The summed E-state index contributed by atoms with van der Waals surface area (Å²) >= 11 is 0. The molecule has 0 radical (unpaired) electrons. The highest BCUT2D eigenvalue weighted by atomic mass is 16.6. The van der Waals surface area contributed by atoms with Gasteiger partial charge in [0.05, 0.1) is 6.33 Å². The van der Waals surface area contributed by atoms with Gasteiger partial charge in [0.15, 0.2) is 24.0 Å². The van der Waals surface area contributed by atoms with Crippen molar-refractivity contribution in [2.75, 3.05) is 5.73 Å². The van der Waals surface area contributed by atoms with Crippen LogP contribution >= 0.6 is 0 Å². The first-order valence-electron chi connectivity index (χ1n) is 5.81. The Morgan fingerprint density at radius 2 is 1.95 bits per heavy atom. The smallest absolute Gasteiger partial charge is 0.181 e. The number of fused-ring (bicyclic) bond motifs is 1. The third-order valence-electron chi connectivity index (χ3n) is 3.23. The van der Waals surface area contributed by atoms with Crippen LogP contribution in [-0.2, 0) is 4.74 Å². The number of hydrogen-bond acceptors (Lipinski definition) is 9. The van der Waals surface area contributed by atoms with Gasteiger partial charge in [-0.25, -0.2) is 15.0 Å². The van der Waals surface area contributed by atoms with Gasteiger partial charge < -0.3 is 30.9 Å². The van der Waals surface area contributed by atoms with E-state index in [-0.39, 0.29) is 5.82 Å². The van der Waals surface area contributed by atoms with Crippen LogP contribution in [0, 0.1) is 0 Å². The molecule has 1 aliphatic rings. The van der Waals surface area contributed by atoms with Crippen LogP contribution in [0.25, 0.3) is 11.2 Å². The highest BCUT2D eigenvalue weighted by molar-refractivity contribution is 5.81. The van der Waals surface area contributed by atoms with E-state index in [4.69, 9.17) is 20.7 Å². The summed E-state index contributed by atoms with van der Waals surface area (Å²) in [7, 11) is 0. The van der Waals surface area contributed by atoms with Gasteiger partial charge in [-0.15, -0.1) is 0 Å². The van der Waals surface area contributed by atoms with Crippen LogP contribution < -0.4 is 5.73 Å². The lowest BCUT2D eigenvalue weighted by atomic mass is 10.1. The molecular weight excluding hydrogens is 270 g/mol. The number of ether oxygens (including phenoxy) is 1. The fourth-order valence-electron chi connectivity index (χ4n) is 2.22. The van der Waals surface area contributed by atoms with Crippen LogP contribution in [0.15, 0.2) is 12.7 Å². The van der Waals surface area contributed by atoms with Gasteiger partial charge in [0.2, 0.25) is 0 Å². The molecule has 108 valence electrons. The Morgan fingerprint density at radius 3 is 2.60 bits per heavy atom.